The average molecular weight is 270 g/mol. The van der Waals surface area contributed by atoms with Gasteiger partial charge < -0.3 is 9.22 Å². The summed E-state index contributed by atoms with van der Waals surface area (Å²) in [6, 6.07) is 0. The zero-order valence-corrected chi connectivity index (χ0v) is 14.3. The quantitative estimate of drug-likeness (QED) is 0.401. The maximum Gasteiger partial charge on any atom is 0.192 e. The monoisotopic (exact) mass is 270 g/mol. The van der Waals surface area contributed by atoms with Gasteiger partial charge in [0.2, 0.25) is 0 Å². The lowest BCUT2D eigenvalue weighted by Crippen LogP contribution is -2.46. The second-order valence-corrected chi connectivity index (χ2v) is 11.4. The van der Waals surface area contributed by atoms with Crippen LogP contribution in [0.2, 0.25) is 18.1 Å². The molecule has 2 nitrogen and oxygen atoms in total. The van der Waals surface area contributed by atoms with E-state index in [0.29, 0.717) is 0 Å². The highest BCUT2D eigenvalue weighted by Gasteiger charge is 2.40. The Morgan fingerprint density at radius 1 is 1.33 bits per heavy atom. The Morgan fingerprint density at radius 2 is 1.83 bits per heavy atom. The van der Waals surface area contributed by atoms with Gasteiger partial charge in [0.05, 0.1) is 6.10 Å². The van der Waals surface area contributed by atoms with Crippen LogP contribution < -0.4 is 0 Å². The third-order valence-electron chi connectivity index (χ3n) is 3.89. The molecule has 0 amide bonds. The number of hydrogen-bond acceptors (Lipinski definition) is 2. The van der Waals surface area contributed by atoms with Crippen molar-refractivity contribution in [1.82, 2.24) is 0 Å². The lowest BCUT2D eigenvalue weighted by molar-refractivity contribution is -0.112. The van der Waals surface area contributed by atoms with Gasteiger partial charge in [-0.25, -0.2) is 0 Å². The molecular weight excluding hydrogens is 240 g/mol. The molecule has 0 aromatic rings. The maximum absolute atomic E-state index is 11.1. The Bertz CT molecular complexity index is 300. The van der Waals surface area contributed by atoms with E-state index in [1.54, 1.807) is 0 Å². The lowest BCUT2D eigenvalue weighted by atomic mass is 9.99. The molecule has 0 N–H and O–H groups in total. The third-order valence-corrected chi connectivity index (χ3v) is 8.35. The van der Waals surface area contributed by atoms with Crippen molar-refractivity contribution in [1.29, 1.82) is 0 Å². The van der Waals surface area contributed by atoms with E-state index in [9.17, 15) is 4.79 Å². The van der Waals surface area contributed by atoms with Crippen molar-refractivity contribution in [3.63, 3.8) is 0 Å². The van der Waals surface area contributed by atoms with Crippen LogP contribution >= 0.6 is 0 Å². The fraction of sp³-hybridized carbons (Fsp3) is 0.800. The molecule has 0 unspecified atom stereocenters. The van der Waals surface area contributed by atoms with Gasteiger partial charge in [-0.2, -0.15) is 0 Å². The maximum atomic E-state index is 11.1. The largest absolute Gasteiger partial charge is 0.410 e. The molecule has 18 heavy (non-hydrogen) atoms. The number of allylic oxidation sites excluding steroid dienone is 1. The van der Waals surface area contributed by atoms with Gasteiger partial charge in [-0.1, -0.05) is 40.7 Å². The van der Waals surface area contributed by atoms with Crippen LogP contribution in [0.4, 0.5) is 0 Å². The van der Waals surface area contributed by atoms with E-state index in [1.807, 2.05) is 6.92 Å². The standard InChI is InChI=1S/C15H30O2Si/c1-9-10-12(2)14(13(3)11-16)17-18(7,8)15(4,5)6/h10-11,13-14H,9H2,1-8H3/b12-10+/t13-,14+/m0/s1. The Morgan fingerprint density at radius 3 is 2.17 bits per heavy atom. The van der Waals surface area contributed by atoms with Crippen LogP contribution in [0, 0.1) is 5.92 Å². The van der Waals surface area contributed by atoms with E-state index in [1.165, 1.54) is 5.57 Å². The Kier molecular flexibility index (Phi) is 6.51. The number of rotatable bonds is 6. The fourth-order valence-corrected chi connectivity index (χ4v) is 3.01. The summed E-state index contributed by atoms with van der Waals surface area (Å²) in [5.41, 5.74) is 1.18. The van der Waals surface area contributed by atoms with Crippen molar-refractivity contribution in [2.24, 2.45) is 5.92 Å². The van der Waals surface area contributed by atoms with Crippen LogP contribution in [0.25, 0.3) is 0 Å². The summed E-state index contributed by atoms with van der Waals surface area (Å²) in [4.78, 5) is 11.1. The molecular formula is C15H30O2Si. The molecule has 0 aliphatic carbocycles. The first-order valence-electron chi connectivity index (χ1n) is 6.86. The summed E-state index contributed by atoms with van der Waals surface area (Å²) in [6.07, 6.45) is 4.08. The number of aldehydes is 1. The zero-order valence-electron chi connectivity index (χ0n) is 13.3. The molecule has 0 saturated heterocycles. The first-order valence-corrected chi connectivity index (χ1v) is 9.77. The molecule has 0 aliphatic rings. The summed E-state index contributed by atoms with van der Waals surface area (Å²) in [7, 11) is -1.84. The van der Waals surface area contributed by atoms with Crippen molar-refractivity contribution in [3.8, 4) is 0 Å². The molecule has 2 atom stereocenters. The molecule has 0 bridgehead atoms. The van der Waals surface area contributed by atoms with E-state index in [4.69, 9.17) is 4.43 Å². The summed E-state index contributed by atoms with van der Waals surface area (Å²) < 4.78 is 6.41. The molecule has 0 saturated carbocycles. The van der Waals surface area contributed by atoms with Crippen LogP contribution in [0.15, 0.2) is 11.6 Å². The zero-order chi connectivity index (χ0) is 14.6. The van der Waals surface area contributed by atoms with Gasteiger partial charge in [0, 0.05) is 5.92 Å². The minimum absolute atomic E-state index is 0.0664. The fourth-order valence-electron chi connectivity index (χ4n) is 1.62. The third kappa shape index (κ3) is 4.69. The van der Waals surface area contributed by atoms with Crippen LogP contribution in [0.1, 0.15) is 48.0 Å². The number of hydrogen-bond donors (Lipinski definition) is 0. The minimum atomic E-state index is -1.84. The van der Waals surface area contributed by atoms with Gasteiger partial charge in [-0.05, 0) is 37.0 Å². The second-order valence-electron chi connectivity index (χ2n) is 6.65. The summed E-state index contributed by atoms with van der Waals surface area (Å²) in [6.45, 7) is 17.3. The summed E-state index contributed by atoms with van der Waals surface area (Å²) in [5.74, 6) is -0.0816. The first kappa shape index (κ1) is 17.6. The second kappa shape index (κ2) is 6.67. The predicted octanol–water partition coefficient (Wildman–Crippen LogP) is 4.57. The summed E-state index contributed by atoms with van der Waals surface area (Å²) >= 11 is 0. The van der Waals surface area contributed by atoms with Gasteiger partial charge in [0.1, 0.15) is 6.29 Å². The van der Waals surface area contributed by atoms with Crippen molar-refractivity contribution < 1.29 is 9.22 Å². The first-order chi connectivity index (χ1) is 8.06. The molecule has 0 aromatic carbocycles. The Hall–Kier alpha value is -0.413. The SMILES string of the molecule is CC/C=C(\C)[C@@H](O[Si](C)(C)C(C)(C)C)[C@@H](C)C=O. The van der Waals surface area contributed by atoms with Gasteiger partial charge in [0.25, 0.3) is 0 Å². The van der Waals surface area contributed by atoms with Gasteiger partial charge in [-0.3, -0.25) is 0 Å². The summed E-state index contributed by atoms with van der Waals surface area (Å²) in [5, 5.41) is 0.167. The highest BCUT2D eigenvalue weighted by molar-refractivity contribution is 6.74. The lowest BCUT2D eigenvalue weighted by Gasteiger charge is -2.40. The van der Waals surface area contributed by atoms with Crippen LogP contribution in [0.3, 0.4) is 0 Å². The van der Waals surface area contributed by atoms with Crippen LogP contribution in [0.5, 0.6) is 0 Å². The molecule has 0 heterocycles. The number of carbonyl (C=O) groups excluding carboxylic acids is 1. The molecule has 0 rings (SSSR count). The van der Waals surface area contributed by atoms with E-state index >= 15 is 0 Å². The van der Waals surface area contributed by atoms with Crippen LogP contribution in [-0.2, 0) is 9.22 Å². The Balaban J connectivity index is 5.14. The van der Waals surface area contributed by atoms with Gasteiger partial charge in [-0.15, -0.1) is 0 Å². The normalized spacial score (nSPS) is 17.4. The molecule has 0 radical (unpaired) electrons. The van der Waals surface area contributed by atoms with Crippen molar-refractivity contribution in [2.45, 2.75) is 72.2 Å². The molecule has 3 heteroatoms. The average Bonchev–Trinajstić information content (AvgIpc) is 2.23. The Labute approximate surface area is 114 Å². The van der Waals surface area contributed by atoms with Gasteiger partial charge >= 0.3 is 0 Å². The predicted molar refractivity (Wildman–Crippen MR) is 81.3 cm³/mol. The molecule has 0 spiro atoms. The van der Waals surface area contributed by atoms with Crippen LogP contribution in [-0.4, -0.2) is 20.7 Å². The topological polar surface area (TPSA) is 26.3 Å². The molecule has 106 valence electrons. The van der Waals surface area contributed by atoms with Gasteiger partial charge in [0.15, 0.2) is 8.32 Å². The molecule has 0 aromatic heterocycles. The minimum Gasteiger partial charge on any atom is -0.410 e. The van der Waals surface area contributed by atoms with Crippen molar-refractivity contribution in [2.75, 3.05) is 0 Å². The molecule has 0 aliphatic heterocycles. The molecule has 0 fully saturated rings. The highest BCUT2D eigenvalue weighted by Crippen LogP contribution is 2.38. The van der Waals surface area contributed by atoms with Crippen molar-refractivity contribution in [3.05, 3.63) is 11.6 Å². The highest BCUT2D eigenvalue weighted by atomic mass is 28.4. The van der Waals surface area contributed by atoms with E-state index in [-0.39, 0.29) is 17.1 Å². The smallest absolute Gasteiger partial charge is 0.192 e. The van der Waals surface area contributed by atoms with Crippen molar-refractivity contribution >= 4 is 14.6 Å². The van der Waals surface area contributed by atoms with E-state index < -0.39 is 8.32 Å². The van der Waals surface area contributed by atoms with E-state index in [2.05, 4.69) is 53.8 Å². The number of carbonyl (C=O) groups is 1. The van der Waals surface area contributed by atoms with E-state index in [0.717, 1.165) is 12.7 Å².